The van der Waals surface area contributed by atoms with Gasteiger partial charge in [-0.3, -0.25) is 4.99 Å². The molecule has 2 atom stereocenters. The van der Waals surface area contributed by atoms with Crippen molar-refractivity contribution in [3.63, 3.8) is 0 Å². The largest absolute Gasteiger partial charge is 0.493 e. The van der Waals surface area contributed by atoms with Crippen LogP contribution in [0.15, 0.2) is 47.5 Å². The van der Waals surface area contributed by atoms with Crippen LogP contribution in [0.25, 0.3) is 0 Å². The summed E-state index contributed by atoms with van der Waals surface area (Å²) in [7, 11) is 7.22. The average Bonchev–Trinajstić information content (AvgIpc) is 3.47. The van der Waals surface area contributed by atoms with E-state index in [1.165, 1.54) is 16.7 Å². The molecule has 0 bridgehead atoms. The minimum absolute atomic E-state index is 0.444. The van der Waals surface area contributed by atoms with Gasteiger partial charge in [-0.15, -0.1) is 0 Å². The zero-order chi connectivity index (χ0) is 19.4. The van der Waals surface area contributed by atoms with Crippen LogP contribution in [0.2, 0.25) is 0 Å². The Kier molecular flexibility index (Phi) is 5.89. The van der Waals surface area contributed by atoms with E-state index in [1.54, 1.807) is 14.2 Å². The first-order chi connectivity index (χ1) is 13.1. The van der Waals surface area contributed by atoms with Gasteiger partial charge < -0.3 is 19.7 Å². The van der Waals surface area contributed by atoms with E-state index < -0.39 is 0 Å². The van der Waals surface area contributed by atoms with Crippen molar-refractivity contribution < 1.29 is 9.47 Å². The molecule has 0 aromatic heterocycles. The van der Waals surface area contributed by atoms with Gasteiger partial charge in [0.15, 0.2) is 17.5 Å². The molecule has 1 aliphatic rings. The molecule has 1 saturated carbocycles. The minimum atomic E-state index is 0.444. The molecule has 0 spiro atoms. The lowest BCUT2D eigenvalue weighted by atomic mass is 10.1. The number of hydrogen-bond donors (Lipinski definition) is 1. The number of aliphatic imine (C=N–C) groups is 1. The van der Waals surface area contributed by atoms with Crippen LogP contribution in [0, 0.1) is 6.92 Å². The highest BCUT2D eigenvalue weighted by molar-refractivity contribution is 5.80. The van der Waals surface area contributed by atoms with Gasteiger partial charge in [0, 0.05) is 32.6 Å². The molecule has 2 aromatic carbocycles. The smallest absolute Gasteiger partial charge is 0.193 e. The Bertz CT molecular complexity index is 805. The second-order valence-electron chi connectivity index (χ2n) is 7.04. The van der Waals surface area contributed by atoms with E-state index >= 15 is 0 Å². The van der Waals surface area contributed by atoms with Gasteiger partial charge in [0.25, 0.3) is 0 Å². The third-order valence-electron chi connectivity index (χ3n) is 5.16. The first-order valence-electron chi connectivity index (χ1n) is 9.28. The molecule has 0 radical (unpaired) electrons. The normalized spacial score (nSPS) is 18.8. The first kappa shape index (κ1) is 19.1. The lowest BCUT2D eigenvalue weighted by Gasteiger charge is -2.24. The highest BCUT2D eigenvalue weighted by atomic mass is 16.5. The number of methoxy groups -OCH3 is 2. The van der Waals surface area contributed by atoms with Crippen molar-refractivity contribution in [2.75, 3.05) is 28.3 Å². The Balaban J connectivity index is 1.65. The number of rotatable bonds is 6. The standard InChI is InChI=1S/C22H29N3O2/c1-15-11-20(26-4)21(27-5)12-17(15)14-25(3)22(23-2)24-19-13-18(19)16-9-7-6-8-10-16/h6-12,18-19H,13-14H2,1-5H3,(H,23,24). The molecule has 2 unspecified atom stereocenters. The van der Waals surface area contributed by atoms with Gasteiger partial charge in [0.2, 0.25) is 0 Å². The Morgan fingerprint density at radius 3 is 2.44 bits per heavy atom. The van der Waals surface area contributed by atoms with Crippen molar-refractivity contribution in [1.29, 1.82) is 0 Å². The minimum Gasteiger partial charge on any atom is -0.493 e. The summed E-state index contributed by atoms with van der Waals surface area (Å²) in [5.41, 5.74) is 3.75. The van der Waals surface area contributed by atoms with E-state index in [9.17, 15) is 0 Å². The predicted octanol–water partition coefficient (Wildman–Crippen LogP) is 3.58. The quantitative estimate of drug-likeness (QED) is 0.626. The summed E-state index contributed by atoms with van der Waals surface area (Å²) >= 11 is 0. The topological polar surface area (TPSA) is 46.1 Å². The molecule has 2 aromatic rings. The zero-order valence-electron chi connectivity index (χ0n) is 16.8. The number of nitrogens with zero attached hydrogens (tertiary/aromatic N) is 2. The summed E-state index contributed by atoms with van der Waals surface area (Å²) < 4.78 is 10.8. The van der Waals surface area contributed by atoms with Crippen molar-refractivity contribution in [2.24, 2.45) is 4.99 Å². The second-order valence-corrected chi connectivity index (χ2v) is 7.04. The molecule has 0 amide bonds. The second kappa shape index (κ2) is 8.33. The van der Waals surface area contributed by atoms with Crippen LogP contribution in [0.1, 0.15) is 29.0 Å². The lowest BCUT2D eigenvalue weighted by molar-refractivity contribution is 0.353. The van der Waals surface area contributed by atoms with E-state index in [2.05, 4.69) is 59.5 Å². The van der Waals surface area contributed by atoms with Gasteiger partial charge in [-0.25, -0.2) is 0 Å². The van der Waals surface area contributed by atoms with E-state index in [0.717, 1.165) is 30.4 Å². The molecule has 3 rings (SSSR count). The molecule has 0 aliphatic heterocycles. The molecule has 0 saturated heterocycles. The van der Waals surface area contributed by atoms with Gasteiger partial charge in [0.1, 0.15) is 0 Å². The maximum Gasteiger partial charge on any atom is 0.193 e. The summed E-state index contributed by atoms with van der Waals surface area (Å²) in [5, 5.41) is 3.60. The molecule has 1 fully saturated rings. The fourth-order valence-electron chi connectivity index (χ4n) is 3.46. The van der Waals surface area contributed by atoms with Crippen LogP contribution in [0.5, 0.6) is 11.5 Å². The molecule has 0 heterocycles. The fraction of sp³-hybridized carbons (Fsp3) is 0.409. The van der Waals surface area contributed by atoms with Crippen molar-refractivity contribution in [3.8, 4) is 11.5 Å². The number of aryl methyl sites for hydroxylation is 1. The SMILES string of the molecule is CN=C(NC1CC1c1ccccc1)N(C)Cc1cc(OC)c(OC)cc1C. The van der Waals surface area contributed by atoms with Crippen LogP contribution < -0.4 is 14.8 Å². The third kappa shape index (κ3) is 4.35. The van der Waals surface area contributed by atoms with E-state index in [0.29, 0.717) is 12.0 Å². The highest BCUT2D eigenvalue weighted by Crippen LogP contribution is 2.40. The molecule has 5 nitrogen and oxygen atoms in total. The lowest BCUT2D eigenvalue weighted by Crippen LogP contribution is -2.40. The number of ether oxygens (including phenoxy) is 2. The number of hydrogen-bond acceptors (Lipinski definition) is 3. The maximum atomic E-state index is 5.45. The summed E-state index contributed by atoms with van der Waals surface area (Å²) in [5.74, 6) is 2.99. The van der Waals surface area contributed by atoms with Gasteiger partial charge in [-0.2, -0.15) is 0 Å². The summed E-state index contributed by atoms with van der Waals surface area (Å²) in [6, 6.07) is 15.2. The zero-order valence-corrected chi connectivity index (χ0v) is 16.8. The molecular formula is C22H29N3O2. The van der Waals surface area contributed by atoms with Gasteiger partial charge in [0.05, 0.1) is 14.2 Å². The Hall–Kier alpha value is -2.69. The van der Waals surface area contributed by atoms with Gasteiger partial charge in [-0.1, -0.05) is 30.3 Å². The molecular weight excluding hydrogens is 338 g/mol. The van der Waals surface area contributed by atoms with Crippen molar-refractivity contribution in [2.45, 2.75) is 31.8 Å². The summed E-state index contributed by atoms with van der Waals surface area (Å²) in [4.78, 5) is 6.62. The van der Waals surface area contributed by atoms with Crippen molar-refractivity contribution in [1.82, 2.24) is 10.2 Å². The Morgan fingerprint density at radius 2 is 1.81 bits per heavy atom. The van der Waals surface area contributed by atoms with Crippen molar-refractivity contribution in [3.05, 3.63) is 59.2 Å². The van der Waals surface area contributed by atoms with Crippen LogP contribution in [0.3, 0.4) is 0 Å². The van der Waals surface area contributed by atoms with Crippen LogP contribution in [0.4, 0.5) is 0 Å². The number of nitrogens with one attached hydrogen (secondary N) is 1. The van der Waals surface area contributed by atoms with E-state index in [1.807, 2.05) is 19.2 Å². The molecule has 1 aliphatic carbocycles. The van der Waals surface area contributed by atoms with E-state index in [-0.39, 0.29) is 0 Å². The Labute approximate surface area is 162 Å². The van der Waals surface area contributed by atoms with Crippen LogP contribution >= 0.6 is 0 Å². The van der Waals surface area contributed by atoms with Gasteiger partial charge in [-0.05, 0) is 42.2 Å². The molecule has 5 heteroatoms. The summed E-state index contributed by atoms with van der Waals surface area (Å²) in [6.45, 7) is 2.84. The average molecular weight is 367 g/mol. The summed E-state index contributed by atoms with van der Waals surface area (Å²) in [6.07, 6.45) is 1.15. The molecule has 144 valence electrons. The molecule has 1 N–H and O–H groups in total. The monoisotopic (exact) mass is 367 g/mol. The molecule has 27 heavy (non-hydrogen) atoms. The first-order valence-corrected chi connectivity index (χ1v) is 9.28. The van der Waals surface area contributed by atoms with Crippen LogP contribution in [-0.4, -0.2) is 45.2 Å². The van der Waals surface area contributed by atoms with Crippen molar-refractivity contribution >= 4 is 5.96 Å². The van der Waals surface area contributed by atoms with E-state index in [4.69, 9.17) is 9.47 Å². The fourth-order valence-corrected chi connectivity index (χ4v) is 3.46. The van der Waals surface area contributed by atoms with Crippen LogP contribution in [-0.2, 0) is 6.54 Å². The third-order valence-corrected chi connectivity index (χ3v) is 5.16. The number of benzene rings is 2. The number of guanidine groups is 1. The predicted molar refractivity (Wildman–Crippen MR) is 110 cm³/mol. The Morgan fingerprint density at radius 1 is 1.15 bits per heavy atom. The van der Waals surface area contributed by atoms with Gasteiger partial charge >= 0.3 is 0 Å². The highest BCUT2D eigenvalue weighted by Gasteiger charge is 2.39. The maximum absolute atomic E-state index is 5.45.